The lowest BCUT2D eigenvalue weighted by molar-refractivity contribution is -0.119. The summed E-state index contributed by atoms with van der Waals surface area (Å²) in [5.41, 5.74) is 2.57. The van der Waals surface area contributed by atoms with Crippen LogP contribution in [0.25, 0.3) is 22.3 Å². The fourth-order valence-corrected chi connectivity index (χ4v) is 2.13. The summed E-state index contributed by atoms with van der Waals surface area (Å²) in [7, 11) is 0. The quantitative estimate of drug-likeness (QED) is 0.791. The molecule has 23 heavy (non-hydrogen) atoms. The van der Waals surface area contributed by atoms with Crippen LogP contribution in [0, 0.1) is 0 Å². The molecular formula is C16H14N4O3. The highest BCUT2D eigenvalue weighted by Crippen LogP contribution is 2.22. The van der Waals surface area contributed by atoms with E-state index in [4.69, 9.17) is 4.52 Å². The maximum absolute atomic E-state index is 11.9. The zero-order valence-corrected chi connectivity index (χ0v) is 12.4. The van der Waals surface area contributed by atoms with Crippen LogP contribution in [0.4, 0.5) is 0 Å². The monoisotopic (exact) mass is 310 g/mol. The Kier molecular flexibility index (Phi) is 4.01. The molecule has 7 nitrogen and oxygen atoms in total. The molecule has 7 heteroatoms. The van der Waals surface area contributed by atoms with Gasteiger partial charge in [0.2, 0.25) is 5.91 Å². The minimum atomic E-state index is -0.453. The average Bonchev–Trinajstić information content (AvgIpc) is 2.95. The minimum Gasteiger partial charge on any atom is -0.336 e. The van der Waals surface area contributed by atoms with E-state index < -0.39 is 5.63 Å². The lowest BCUT2D eigenvalue weighted by Gasteiger charge is -2.02. The Bertz CT molecular complexity index is 866. The third-order valence-electron chi connectivity index (χ3n) is 3.27. The van der Waals surface area contributed by atoms with Crippen LogP contribution in [0.3, 0.4) is 0 Å². The molecule has 0 saturated heterocycles. The molecule has 0 spiro atoms. The number of carbonyl (C=O) groups excluding carboxylic acids is 1. The van der Waals surface area contributed by atoms with Gasteiger partial charge in [0.15, 0.2) is 0 Å². The predicted octanol–water partition coefficient (Wildman–Crippen LogP) is 1.66. The highest BCUT2D eigenvalue weighted by molar-refractivity contribution is 5.72. The van der Waals surface area contributed by atoms with Gasteiger partial charge in [-0.1, -0.05) is 24.3 Å². The van der Waals surface area contributed by atoms with Crippen LogP contribution >= 0.6 is 0 Å². The number of hydrogen-bond donors (Lipinski definition) is 1. The van der Waals surface area contributed by atoms with E-state index in [1.807, 2.05) is 24.3 Å². The van der Waals surface area contributed by atoms with E-state index in [0.29, 0.717) is 5.56 Å². The van der Waals surface area contributed by atoms with E-state index in [0.717, 1.165) is 16.7 Å². The van der Waals surface area contributed by atoms with Gasteiger partial charge in [0, 0.05) is 24.9 Å². The van der Waals surface area contributed by atoms with Gasteiger partial charge in [-0.2, -0.15) is 4.74 Å². The van der Waals surface area contributed by atoms with E-state index in [2.05, 4.69) is 15.3 Å². The van der Waals surface area contributed by atoms with Gasteiger partial charge in [0.05, 0.1) is 11.8 Å². The first kappa shape index (κ1) is 14.7. The van der Waals surface area contributed by atoms with Crippen LogP contribution in [0.2, 0.25) is 0 Å². The van der Waals surface area contributed by atoms with Gasteiger partial charge in [0.25, 0.3) is 0 Å². The standard InChI is InChI=1S/C16H14N4O3/c1-11(21)19-10-20-8-15(16(22)23-20)13-4-2-12(3-5-13)14-6-17-9-18-7-14/h2-9H,10H2,1H3,(H,19,21). The molecule has 3 aromatic rings. The molecule has 2 heterocycles. The normalized spacial score (nSPS) is 10.5. The van der Waals surface area contributed by atoms with E-state index in [1.54, 1.807) is 18.6 Å². The zero-order valence-electron chi connectivity index (χ0n) is 12.4. The predicted molar refractivity (Wildman–Crippen MR) is 83.2 cm³/mol. The highest BCUT2D eigenvalue weighted by Gasteiger charge is 2.10. The maximum atomic E-state index is 11.9. The Morgan fingerprint density at radius 3 is 2.43 bits per heavy atom. The first-order chi connectivity index (χ1) is 11.1. The van der Waals surface area contributed by atoms with Gasteiger partial charge in [-0.3, -0.25) is 4.79 Å². The summed E-state index contributed by atoms with van der Waals surface area (Å²) in [6.07, 6.45) is 6.49. The van der Waals surface area contributed by atoms with Gasteiger partial charge in [-0.05, 0) is 11.1 Å². The third-order valence-corrected chi connectivity index (χ3v) is 3.27. The summed E-state index contributed by atoms with van der Waals surface area (Å²) in [5, 5.41) is 2.56. The molecule has 1 aromatic carbocycles. The molecule has 0 aliphatic rings. The molecule has 0 atom stereocenters. The van der Waals surface area contributed by atoms with Crippen molar-refractivity contribution in [2.45, 2.75) is 13.6 Å². The Hall–Kier alpha value is -3.22. The highest BCUT2D eigenvalue weighted by atomic mass is 16.5. The summed E-state index contributed by atoms with van der Waals surface area (Å²) in [5.74, 6) is -0.197. The molecule has 0 saturated carbocycles. The van der Waals surface area contributed by atoms with Crippen molar-refractivity contribution < 1.29 is 9.32 Å². The number of benzene rings is 1. The molecule has 116 valence electrons. The number of hydrogen-bond acceptors (Lipinski definition) is 5. The molecule has 0 aliphatic carbocycles. The fourth-order valence-electron chi connectivity index (χ4n) is 2.13. The Balaban J connectivity index is 1.85. The van der Waals surface area contributed by atoms with Crippen molar-refractivity contribution >= 4 is 5.91 Å². The van der Waals surface area contributed by atoms with Crippen molar-refractivity contribution in [2.24, 2.45) is 0 Å². The van der Waals surface area contributed by atoms with Crippen LogP contribution in [-0.2, 0) is 11.5 Å². The molecule has 0 aliphatic heterocycles. The minimum absolute atomic E-state index is 0.115. The summed E-state index contributed by atoms with van der Waals surface area (Å²) in [4.78, 5) is 30.8. The first-order valence-electron chi connectivity index (χ1n) is 6.94. The topological polar surface area (TPSA) is 90.0 Å². The molecule has 0 fully saturated rings. The van der Waals surface area contributed by atoms with Gasteiger partial charge >= 0.3 is 5.63 Å². The van der Waals surface area contributed by atoms with Crippen LogP contribution in [0.1, 0.15) is 6.92 Å². The fraction of sp³-hybridized carbons (Fsp3) is 0.125. The lowest BCUT2D eigenvalue weighted by Crippen LogP contribution is -2.22. The zero-order chi connectivity index (χ0) is 16.2. The molecule has 0 radical (unpaired) electrons. The number of nitrogens with one attached hydrogen (secondary N) is 1. The largest absolute Gasteiger partial charge is 0.365 e. The van der Waals surface area contributed by atoms with Gasteiger partial charge in [-0.25, -0.2) is 14.8 Å². The molecule has 0 unspecified atom stereocenters. The molecular weight excluding hydrogens is 296 g/mol. The van der Waals surface area contributed by atoms with Gasteiger partial charge in [0.1, 0.15) is 13.0 Å². The molecule has 0 bridgehead atoms. The van der Waals surface area contributed by atoms with E-state index >= 15 is 0 Å². The van der Waals surface area contributed by atoms with E-state index in [-0.39, 0.29) is 12.6 Å². The summed E-state index contributed by atoms with van der Waals surface area (Å²) < 4.78 is 6.35. The van der Waals surface area contributed by atoms with Crippen molar-refractivity contribution in [2.75, 3.05) is 0 Å². The maximum Gasteiger partial charge on any atom is 0.365 e. The van der Waals surface area contributed by atoms with Crippen LogP contribution < -0.4 is 10.9 Å². The first-order valence-corrected chi connectivity index (χ1v) is 6.94. The van der Waals surface area contributed by atoms with Crippen molar-refractivity contribution in [1.82, 2.24) is 20.0 Å². The van der Waals surface area contributed by atoms with Gasteiger partial charge in [-0.15, -0.1) is 0 Å². The van der Waals surface area contributed by atoms with E-state index in [1.165, 1.54) is 18.0 Å². The van der Waals surface area contributed by atoms with Crippen molar-refractivity contribution in [1.29, 1.82) is 0 Å². The Labute approximate surface area is 131 Å². The van der Waals surface area contributed by atoms with E-state index in [9.17, 15) is 9.59 Å². The summed E-state index contributed by atoms with van der Waals surface area (Å²) >= 11 is 0. The molecule has 3 rings (SSSR count). The SMILES string of the molecule is CC(=O)NCn1cc(-c2ccc(-c3cncnc3)cc2)c(=O)o1. The second-order valence-electron chi connectivity index (χ2n) is 4.93. The average molecular weight is 310 g/mol. The van der Waals surface area contributed by atoms with Crippen molar-refractivity contribution in [3.05, 3.63) is 59.6 Å². The van der Waals surface area contributed by atoms with Crippen LogP contribution in [-0.4, -0.2) is 20.6 Å². The molecule has 1 amide bonds. The second kappa shape index (κ2) is 6.27. The molecule has 2 aromatic heterocycles. The van der Waals surface area contributed by atoms with Crippen molar-refractivity contribution in [3.8, 4) is 22.3 Å². The second-order valence-corrected chi connectivity index (χ2v) is 4.93. The van der Waals surface area contributed by atoms with Crippen LogP contribution in [0.15, 0.2) is 58.5 Å². The Morgan fingerprint density at radius 1 is 1.13 bits per heavy atom. The Morgan fingerprint density at radius 2 is 1.78 bits per heavy atom. The number of nitrogens with zero attached hydrogens (tertiary/aromatic N) is 3. The number of rotatable bonds is 4. The summed E-state index contributed by atoms with van der Waals surface area (Å²) in [6, 6.07) is 7.44. The number of aromatic nitrogens is 3. The number of amides is 1. The number of carbonyl (C=O) groups is 1. The third kappa shape index (κ3) is 3.34. The lowest BCUT2D eigenvalue weighted by atomic mass is 10.0. The van der Waals surface area contributed by atoms with Gasteiger partial charge < -0.3 is 9.84 Å². The smallest absolute Gasteiger partial charge is 0.336 e. The van der Waals surface area contributed by atoms with Crippen LogP contribution in [0.5, 0.6) is 0 Å². The molecule has 1 N–H and O–H groups in total. The van der Waals surface area contributed by atoms with Crippen molar-refractivity contribution in [3.63, 3.8) is 0 Å². The summed E-state index contributed by atoms with van der Waals surface area (Å²) in [6.45, 7) is 1.51.